The molecule has 2 rings (SSSR count). The van der Waals surface area contributed by atoms with E-state index < -0.39 is 11.0 Å². The minimum atomic E-state index is -0.656. The number of carbonyl (C=O) groups excluding carboxylic acids is 1. The molecule has 0 saturated carbocycles. The molecule has 1 amide bonds. The molecule has 25 heavy (non-hydrogen) atoms. The molecule has 2 unspecified atom stereocenters. The first-order chi connectivity index (χ1) is 11.7. The Balaban J connectivity index is 2.19. The fraction of sp³-hybridized carbons (Fsp3) is 0.562. The molecule has 0 aromatic carbocycles. The van der Waals surface area contributed by atoms with E-state index >= 15 is 0 Å². The summed E-state index contributed by atoms with van der Waals surface area (Å²) in [5, 5.41) is 22.5. The van der Waals surface area contributed by atoms with Gasteiger partial charge in [0.05, 0.1) is 17.2 Å². The molecule has 0 saturated heterocycles. The van der Waals surface area contributed by atoms with Gasteiger partial charge in [-0.05, 0) is 41.5 Å². The highest BCUT2D eigenvalue weighted by molar-refractivity contribution is 5.80. The quantitative estimate of drug-likeness (QED) is 0.637. The van der Waals surface area contributed by atoms with Crippen molar-refractivity contribution in [1.29, 1.82) is 0 Å². The molecule has 9 nitrogen and oxygen atoms in total. The lowest BCUT2D eigenvalue weighted by molar-refractivity contribution is -0.386. The van der Waals surface area contributed by atoms with Crippen molar-refractivity contribution in [2.24, 2.45) is 0 Å². The SMILES string of the molecule is CCn1ncc(C(C)NC(=O)C(C)n2nc(C)c([N+](=O)[O-])c2C)c1C. The van der Waals surface area contributed by atoms with E-state index in [0.717, 1.165) is 17.8 Å². The highest BCUT2D eigenvalue weighted by atomic mass is 16.6. The van der Waals surface area contributed by atoms with E-state index in [9.17, 15) is 14.9 Å². The zero-order valence-electron chi connectivity index (χ0n) is 15.4. The number of aryl methyl sites for hydroxylation is 2. The van der Waals surface area contributed by atoms with Gasteiger partial charge in [-0.25, -0.2) is 0 Å². The largest absolute Gasteiger partial charge is 0.348 e. The standard InChI is InChI=1S/C16H24N6O3/c1-7-20-11(4)14(8-17-20)9(2)18-16(23)13(6)21-12(5)15(22(24)25)10(3)19-21/h8-9,13H,7H2,1-6H3,(H,18,23). The first-order valence-electron chi connectivity index (χ1n) is 8.21. The Morgan fingerprint density at radius 1 is 1.32 bits per heavy atom. The molecule has 9 heteroatoms. The molecular weight excluding hydrogens is 324 g/mol. The second kappa shape index (κ2) is 7.04. The molecule has 2 atom stereocenters. The normalized spacial score (nSPS) is 13.5. The van der Waals surface area contributed by atoms with E-state index in [0.29, 0.717) is 11.4 Å². The van der Waals surface area contributed by atoms with Gasteiger partial charge in [0.2, 0.25) is 5.91 Å². The smallest absolute Gasteiger partial charge is 0.312 e. The topological polar surface area (TPSA) is 108 Å². The Labute approximate surface area is 146 Å². The van der Waals surface area contributed by atoms with Crippen molar-refractivity contribution in [3.05, 3.63) is 39.0 Å². The maximum atomic E-state index is 12.6. The van der Waals surface area contributed by atoms with Gasteiger partial charge in [-0.1, -0.05) is 0 Å². The fourth-order valence-corrected chi connectivity index (χ4v) is 3.02. The summed E-state index contributed by atoms with van der Waals surface area (Å²) >= 11 is 0. The molecule has 0 aliphatic heterocycles. The lowest BCUT2D eigenvalue weighted by Gasteiger charge is -2.18. The fourth-order valence-electron chi connectivity index (χ4n) is 3.02. The van der Waals surface area contributed by atoms with Crippen LogP contribution in [0.5, 0.6) is 0 Å². The van der Waals surface area contributed by atoms with Crippen LogP contribution in [0.3, 0.4) is 0 Å². The van der Waals surface area contributed by atoms with Crippen LogP contribution in [0.4, 0.5) is 5.69 Å². The Morgan fingerprint density at radius 2 is 1.96 bits per heavy atom. The number of carbonyl (C=O) groups is 1. The van der Waals surface area contributed by atoms with Gasteiger partial charge in [-0.3, -0.25) is 24.3 Å². The molecule has 0 aliphatic rings. The lowest BCUT2D eigenvalue weighted by atomic mass is 10.1. The average molecular weight is 348 g/mol. The second-order valence-electron chi connectivity index (χ2n) is 6.13. The number of hydrogen-bond donors (Lipinski definition) is 1. The predicted molar refractivity (Wildman–Crippen MR) is 92.3 cm³/mol. The minimum absolute atomic E-state index is 0.0484. The van der Waals surface area contributed by atoms with Crippen LogP contribution in [-0.2, 0) is 11.3 Å². The number of nitro groups is 1. The minimum Gasteiger partial charge on any atom is -0.348 e. The third-order valence-electron chi connectivity index (χ3n) is 4.48. The van der Waals surface area contributed by atoms with Crippen molar-refractivity contribution in [3.8, 4) is 0 Å². The Hall–Kier alpha value is -2.71. The molecule has 136 valence electrons. The molecule has 0 spiro atoms. The van der Waals surface area contributed by atoms with E-state index in [-0.39, 0.29) is 17.6 Å². The maximum Gasteiger partial charge on any atom is 0.312 e. The van der Waals surface area contributed by atoms with Gasteiger partial charge >= 0.3 is 5.69 Å². The number of rotatable bonds is 6. The summed E-state index contributed by atoms with van der Waals surface area (Å²) < 4.78 is 3.27. The summed E-state index contributed by atoms with van der Waals surface area (Å²) in [4.78, 5) is 23.2. The van der Waals surface area contributed by atoms with Crippen molar-refractivity contribution in [2.75, 3.05) is 0 Å². The Bertz CT molecular complexity index is 807. The van der Waals surface area contributed by atoms with Crippen molar-refractivity contribution < 1.29 is 9.72 Å². The second-order valence-corrected chi connectivity index (χ2v) is 6.13. The van der Waals surface area contributed by atoms with E-state index in [2.05, 4.69) is 15.5 Å². The zero-order chi connectivity index (χ0) is 18.9. The number of nitrogens with zero attached hydrogens (tertiary/aromatic N) is 5. The highest BCUT2D eigenvalue weighted by Gasteiger charge is 2.28. The van der Waals surface area contributed by atoms with E-state index in [1.165, 1.54) is 4.68 Å². The summed E-state index contributed by atoms with van der Waals surface area (Å²) in [5.74, 6) is -0.253. The van der Waals surface area contributed by atoms with Gasteiger partial charge in [0.25, 0.3) is 0 Å². The van der Waals surface area contributed by atoms with E-state index in [1.807, 2.05) is 25.5 Å². The molecule has 0 radical (unpaired) electrons. The van der Waals surface area contributed by atoms with Crippen LogP contribution in [0.1, 0.15) is 55.5 Å². The van der Waals surface area contributed by atoms with Crippen molar-refractivity contribution in [1.82, 2.24) is 24.9 Å². The van der Waals surface area contributed by atoms with E-state index in [1.54, 1.807) is 27.0 Å². The maximum absolute atomic E-state index is 12.6. The summed E-state index contributed by atoms with van der Waals surface area (Å²) in [6.45, 7) is 11.5. The van der Waals surface area contributed by atoms with Crippen LogP contribution in [0, 0.1) is 30.9 Å². The number of amides is 1. The number of aromatic nitrogens is 4. The Morgan fingerprint density at radius 3 is 2.44 bits per heavy atom. The van der Waals surface area contributed by atoms with Gasteiger partial charge in [-0.15, -0.1) is 0 Å². The average Bonchev–Trinajstić information content (AvgIpc) is 3.05. The molecule has 2 aromatic rings. The monoisotopic (exact) mass is 348 g/mol. The van der Waals surface area contributed by atoms with Gasteiger partial charge in [-0.2, -0.15) is 10.2 Å². The third-order valence-corrected chi connectivity index (χ3v) is 4.48. The highest BCUT2D eigenvalue weighted by Crippen LogP contribution is 2.25. The number of nitrogens with one attached hydrogen (secondary N) is 1. The van der Waals surface area contributed by atoms with Gasteiger partial charge in [0, 0.05) is 17.8 Å². The molecule has 0 bridgehead atoms. The Kier molecular flexibility index (Phi) is 5.24. The summed E-state index contributed by atoms with van der Waals surface area (Å²) in [7, 11) is 0. The van der Waals surface area contributed by atoms with E-state index in [4.69, 9.17) is 0 Å². The van der Waals surface area contributed by atoms with Crippen LogP contribution in [0.2, 0.25) is 0 Å². The molecule has 2 heterocycles. The van der Waals surface area contributed by atoms with Crippen LogP contribution < -0.4 is 5.32 Å². The first-order valence-corrected chi connectivity index (χ1v) is 8.21. The summed E-state index contributed by atoms with van der Waals surface area (Å²) in [5.41, 5.74) is 2.57. The third kappa shape index (κ3) is 3.40. The van der Waals surface area contributed by atoms with Crippen LogP contribution in [-0.4, -0.2) is 30.4 Å². The molecule has 0 fully saturated rings. The molecule has 2 aromatic heterocycles. The number of hydrogen-bond acceptors (Lipinski definition) is 5. The van der Waals surface area contributed by atoms with Crippen molar-refractivity contribution >= 4 is 11.6 Å². The van der Waals surface area contributed by atoms with Crippen molar-refractivity contribution in [3.63, 3.8) is 0 Å². The van der Waals surface area contributed by atoms with Crippen molar-refractivity contribution in [2.45, 2.75) is 60.2 Å². The first kappa shape index (κ1) is 18.6. The van der Waals surface area contributed by atoms with Gasteiger partial charge in [0.15, 0.2) is 0 Å². The summed E-state index contributed by atoms with van der Waals surface area (Å²) in [6.07, 6.45) is 1.75. The summed E-state index contributed by atoms with van der Waals surface area (Å²) in [6, 6.07) is -0.876. The molecular formula is C16H24N6O3. The van der Waals surface area contributed by atoms with Crippen LogP contribution in [0.25, 0.3) is 0 Å². The van der Waals surface area contributed by atoms with Crippen LogP contribution in [0.15, 0.2) is 6.20 Å². The van der Waals surface area contributed by atoms with Gasteiger partial charge in [0.1, 0.15) is 17.4 Å². The predicted octanol–water partition coefficient (Wildman–Crippen LogP) is 2.37. The molecule has 0 aliphatic carbocycles. The molecule has 1 N–H and O–H groups in total. The zero-order valence-corrected chi connectivity index (χ0v) is 15.4. The van der Waals surface area contributed by atoms with Crippen LogP contribution >= 0.6 is 0 Å². The van der Waals surface area contributed by atoms with Gasteiger partial charge < -0.3 is 5.32 Å². The lowest BCUT2D eigenvalue weighted by Crippen LogP contribution is -2.34.